The van der Waals surface area contributed by atoms with Crippen LogP contribution in [0.4, 0.5) is 5.69 Å². The van der Waals surface area contributed by atoms with Crippen LogP contribution in [0.15, 0.2) is 22.7 Å². The van der Waals surface area contributed by atoms with E-state index in [-0.39, 0.29) is 5.97 Å². The van der Waals surface area contributed by atoms with Crippen LogP contribution in [0.25, 0.3) is 0 Å². The third kappa shape index (κ3) is 3.94. The van der Waals surface area contributed by atoms with Gasteiger partial charge in [-0.25, -0.2) is 0 Å². The molecule has 0 amide bonds. The molecule has 4 nitrogen and oxygen atoms in total. The van der Waals surface area contributed by atoms with E-state index in [9.17, 15) is 4.79 Å². The van der Waals surface area contributed by atoms with Gasteiger partial charge >= 0.3 is 5.97 Å². The molecule has 0 atom stereocenters. The summed E-state index contributed by atoms with van der Waals surface area (Å²) in [6, 6.07) is 6.31. The third-order valence-corrected chi connectivity index (χ3v) is 3.95. The molecule has 1 aliphatic rings. The molecule has 1 aromatic carbocycles. The van der Waals surface area contributed by atoms with Crippen molar-refractivity contribution in [3.05, 3.63) is 28.2 Å². The molecular weight excluding hydrogens is 308 g/mol. The number of hydrogen-bond acceptors (Lipinski definition) is 4. The Labute approximate surface area is 122 Å². The van der Waals surface area contributed by atoms with Crippen molar-refractivity contribution in [2.24, 2.45) is 0 Å². The first-order valence-electron chi connectivity index (χ1n) is 6.51. The molecule has 0 unspecified atom stereocenters. The number of nitrogens with zero attached hydrogens (tertiary/aromatic N) is 1. The molecule has 1 fully saturated rings. The zero-order chi connectivity index (χ0) is 13.7. The van der Waals surface area contributed by atoms with Crippen molar-refractivity contribution in [1.29, 1.82) is 0 Å². The number of carbonyl (C=O) groups excluding carboxylic acids is 1. The van der Waals surface area contributed by atoms with Crippen LogP contribution in [-0.4, -0.2) is 39.3 Å². The summed E-state index contributed by atoms with van der Waals surface area (Å²) in [5, 5.41) is 3.35. The van der Waals surface area contributed by atoms with Crippen molar-refractivity contribution < 1.29 is 9.53 Å². The molecule has 0 bridgehead atoms. The number of benzene rings is 1. The second-order valence-corrected chi connectivity index (χ2v) is 5.45. The van der Waals surface area contributed by atoms with Crippen LogP contribution in [0.5, 0.6) is 0 Å². The van der Waals surface area contributed by atoms with E-state index < -0.39 is 0 Å². The highest BCUT2D eigenvalue weighted by Crippen LogP contribution is 2.28. The van der Waals surface area contributed by atoms with Crippen molar-refractivity contribution in [3.63, 3.8) is 0 Å². The van der Waals surface area contributed by atoms with Crippen molar-refractivity contribution in [2.45, 2.75) is 12.8 Å². The first-order valence-corrected chi connectivity index (χ1v) is 7.31. The average Bonchev–Trinajstić information content (AvgIpc) is 2.45. The molecule has 1 saturated heterocycles. The summed E-state index contributed by atoms with van der Waals surface area (Å²) in [5.74, 6) is -0.165. The molecule has 0 aliphatic carbocycles. The summed E-state index contributed by atoms with van der Waals surface area (Å²) < 4.78 is 5.75. The Hall–Kier alpha value is -1.07. The number of nitrogens with one attached hydrogen (secondary N) is 1. The second kappa shape index (κ2) is 6.91. The lowest BCUT2D eigenvalue weighted by atomic mass is 10.1. The largest absolute Gasteiger partial charge is 0.469 e. The fourth-order valence-corrected chi connectivity index (χ4v) is 2.89. The van der Waals surface area contributed by atoms with Crippen LogP contribution >= 0.6 is 15.9 Å². The number of esters is 1. The SMILES string of the molecule is COC(=O)CCc1ccc(N2CCNCC2)c(Br)c1. The van der Waals surface area contributed by atoms with E-state index in [1.807, 2.05) is 0 Å². The van der Waals surface area contributed by atoms with E-state index in [0.29, 0.717) is 12.8 Å². The molecule has 0 aromatic heterocycles. The number of carbonyl (C=O) groups is 1. The average molecular weight is 327 g/mol. The summed E-state index contributed by atoms with van der Waals surface area (Å²) in [6.07, 6.45) is 1.14. The number of anilines is 1. The summed E-state index contributed by atoms with van der Waals surface area (Å²) >= 11 is 3.63. The quantitative estimate of drug-likeness (QED) is 0.859. The Morgan fingerprint density at radius 3 is 2.79 bits per heavy atom. The molecule has 0 radical (unpaired) electrons. The second-order valence-electron chi connectivity index (χ2n) is 4.60. The standard InChI is InChI=1S/C14H19BrN2O2/c1-19-14(18)5-3-11-2-4-13(12(15)10-11)17-8-6-16-7-9-17/h2,4,10,16H,3,5-9H2,1H3. The normalized spacial score (nSPS) is 15.4. The minimum absolute atomic E-state index is 0.165. The number of hydrogen-bond donors (Lipinski definition) is 1. The lowest BCUT2D eigenvalue weighted by molar-refractivity contribution is -0.140. The number of aryl methyl sites for hydroxylation is 1. The van der Waals surface area contributed by atoms with Gasteiger partial charge in [0.05, 0.1) is 12.8 Å². The fraction of sp³-hybridized carbons (Fsp3) is 0.500. The monoisotopic (exact) mass is 326 g/mol. The summed E-state index contributed by atoms with van der Waals surface area (Å²) in [6.45, 7) is 4.10. The van der Waals surface area contributed by atoms with E-state index in [1.165, 1.54) is 12.8 Å². The molecular formula is C14H19BrN2O2. The minimum Gasteiger partial charge on any atom is -0.469 e. The van der Waals surface area contributed by atoms with Crippen molar-refractivity contribution >= 4 is 27.6 Å². The van der Waals surface area contributed by atoms with Crippen LogP contribution in [0, 0.1) is 0 Å². The van der Waals surface area contributed by atoms with E-state index in [1.54, 1.807) is 0 Å². The highest BCUT2D eigenvalue weighted by atomic mass is 79.9. The summed E-state index contributed by atoms with van der Waals surface area (Å²) in [4.78, 5) is 13.5. The number of methoxy groups -OCH3 is 1. The van der Waals surface area contributed by atoms with E-state index in [4.69, 9.17) is 0 Å². The van der Waals surface area contributed by atoms with E-state index in [2.05, 4.69) is 49.1 Å². The van der Waals surface area contributed by atoms with Gasteiger partial charge < -0.3 is 15.0 Å². The van der Waals surface area contributed by atoms with Crippen LogP contribution in [0.2, 0.25) is 0 Å². The van der Waals surface area contributed by atoms with Gasteiger partial charge in [0.1, 0.15) is 0 Å². The predicted octanol–water partition coefficient (Wildman–Crippen LogP) is 1.96. The molecule has 1 N–H and O–H groups in total. The van der Waals surface area contributed by atoms with Gasteiger partial charge in [0, 0.05) is 37.1 Å². The van der Waals surface area contributed by atoms with Gasteiger partial charge in [-0.05, 0) is 40.0 Å². The number of rotatable bonds is 4. The molecule has 1 aliphatic heterocycles. The van der Waals surface area contributed by atoms with Gasteiger partial charge in [-0.1, -0.05) is 6.07 Å². The Kier molecular flexibility index (Phi) is 5.22. The van der Waals surface area contributed by atoms with Crippen LogP contribution in [0.3, 0.4) is 0 Å². The minimum atomic E-state index is -0.165. The Balaban J connectivity index is 2.01. The molecule has 0 spiro atoms. The van der Waals surface area contributed by atoms with Crippen LogP contribution in [0.1, 0.15) is 12.0 Å². The van der Waals surface area contributed by atoms with Gasteiger partial charge in [0.15, 0.2) is 0 Å². The van der Waals surface area contributed by atoms with Gasteiger partial charge in [0.25, 0.3) is 0 Å². The van der Waals surface area contributed by atoms with Crippen molar-refractivity contribution in [1.82, 2.24) is 5.32 Å². The van der Waals surface area contributed by atoms with Crippen molar-refractivity contribution in [3.8, 4) is 0 Å². The topological polar surface area (TPSA) is 41.6 Å². The van der Waals surface area contributed by atoms with Gasteiger partial charge in [-0.15, -0.1) is 0 Å². The smallest absolute Gasteiger partial charge is 0.305 e. The maximum Gasteiger partial charge on any atom is 0.305 e. The molecule has 2 rings (SSSR count). The summed E-state index contributed by atoms with van der Waals surface area (Å²) in [5.41, 5.74) is 2.37. The molecule has 19 heavy (non-hydrogen) atoms. The Morgan fingerprint density at radius 2 is 2.16 bits per heavy atom. The highest BCUT2D eigenvalue weighted by Gasteiger charge is 2.13. The Morgan fingerprint density at radius 1 is 1.42 bits per heavy atom. The third-order valence-electron chi connectivity index (χ3n) is 3.32. The maximum absolute atomic E-state index is 11.1. The highest BCUT2D eigenvalue weighted by molar-refractivity contribution is 9.10. The lowest BCUT2D eigenvalue weighted by Gasteiger charge is -2.30. The molecule has 104 valence electrons. The van der Waals surface area contributed by atoms with Gasteiger partial charge in [-0.2, -0.15) is 0 Å². The Bertz CT molecular complexity index is 445. The summed E-state index contributed by atoms with van der Waals surface area (Å²) in [7, 11) is 1.42. The number of halogens is 1. The zero-order valence-electron chi connectivity index (χ0n) is 11.1. The number of ether oxygens (including phenoxy) is 1. The van der Waals surface area contributed by atoms with Crippen LogP contribution in [-0.2, 0) is 16.0 Å². The first kappa shape index (κ1) is 14.3. The fourth-order valence-electron chi connectivity index (χ4n) is 2.22. The lowest BCUT2D eigenvalue weighted by Crippen LogP contribution is -2.43. The van der Waals surface area contributed by atoms with E-state index >= 15 is 0 Å². The molecule has 5 heteroatoms. The molecule has 0 saturated carbocycles. The van der Waals surface area contributed by atoms with Crippen LogP contribution < -0.4 is 10.2 Å². The molecule has 1 aromatic rings. The van der Waals surface area contributed by atoms with Gasteiger partial charge in [-0.3, -0.25) is 4.79 Å². The van der Waals surface area contributed by atoms with E-state index in [0.717, 1.165) is 36.2 Å². The van der Waals surface area contributed by atoms with Crippen molar-refractivity contribution in [2.75, 3.05) is 38.2 Å². The number of piperazine rings is 1. The predicted molar refractivity (Wildman–Crippen MR) is 79.6 cm³/mol. The zero-order valence-corrected chi connectivity index (χ0v) is 12.7. The molecule has 1 heterocycles. The van der Waals surface area contributed by atoms with Gasteiger partial charge in [0.2, 0.25) is 0 Å². The maximum atomic E-state index is 11.1. The first-order chi connectivity index (χ1) is 9.20.